The monoisotopic (exact) mass is 870 g/mol. The van der Waals surface area contributed by atoms with E-state index >= 15 is 0 Å². The van der Waals surface area contributed by atoms with Crippen LogP contribution < -0.4 is 35.2 Å². The molecule has 11 heteroatoms. The van der Waals surface area contributed by atoms with Crippen molar-refractivity contribution in [3.05, 3.63) is 170 Å². The largest absolute Gasteiger partial charge is 0.871 e. The highest BCUT2D eigenvalue weighted by Crippen LogP contribution is 2.47. The van der Waals surface area contributed by atoms with E-state index in [1.165, 1.54) is 48.4 Å². The molecule has 0 spiro atoms. The van der Waals surface area contributed by atoms with Crippen LogP contribution in [0.25, 0.3) is 21.9 Å². The number of fused-ring (bicyclic) bond motifs is 2. The molecule has 0 atom stereocenters. The fraction of sp³-hybridized carbons (Fsp3) is 0.250. The van der Waals surface area contributed by atoms with Crippen LogP contribution in [0.15, 0.2) is 122 Å². The molecule has 0 fully saturated rings. The summed E-state index contributed by atoms with van der Waals surface area (Å²) in [5.41, 5.74) is 2.39. The Balaban J connectivity index is 1.03. The lowest BCUT2D eigenvalue weighted by atomic mass is 9.88. The van der Waals surface area contributed by atoms with Crippen LogP contribution >= 0.6 is 57.1 Å². The van der Waals surface area contributed by atoms with Crippen molar-refractivity contribution in [1.82, 2.24) is 0 Å². The summed E-state index contributed by atoms with van der Waals surface area (Å²) in [5, 5.41) is 15.9. The van der Waals surface area contributed by atoms with Crippen LogP contribution in [0.4, 0.5) is 5.69 Å². The van der Waals surface area contributed by atoms with Gasteiger partial charge in [0, 0.05) is 68.3 Å². The average Bonchev–Trinajstić information content (AvgIpc) is 4.10. The molecule has 0 amide bonds. The van der Waals surface area contributed by atoms with Gasteiger partial charge < -0.3 is 10.0 Å². The molecular weight excluding hydrogens is 829 g/mol. The number of thiophene rings is 3. The highest BCUT2D eigenvalue weighted by Gasteiger charge is 2.31. The van der Waals surface area contributed by atoms with E-state index < -0.39 is 0 Å². The number of aryl methyl sites for hydroxylation is 1. The van der Waals surface area contributed by atoms with E-state index in [-0.39, 0.29) is 44.0 Å². The number of unbranched alkanes of at least 4 members (excludes halogenated alkanes) is 6. The Kier molecular flexibility index (Phi) is 11.6. The van der Waals surface area contributed by atoms with Gasteiger partial charge >= 0.3 is 0 Å². The molecule has 0 radical (unpaired) electrons. The lowest BCUT2D eigenvalue weighted by Crippen LogP contribution is -2.50. The van der Waals surface area contributed by atoms with Gasteiger partial charge in [0.15, 0.2) is 12.3 Å². The van der Waals surface area contributed by atoms with Gasteiger partial charge in [0.2, 0.25) is 16.4 Å². The normalized spacial score (nSPS) is 16.8. The summed E-state index contributed by atoms with van der Waals surface area (Å²) in [7, 11) is 0. The third kappa shape index (κ3) is 7.57. The van der Waals surface area contributed by atoms with Crippen molar-refractivity contribution in [3.8, 4) is 0 Å². The van der Waals surface area contributed by atoms with E-state index in [1.807, 2.05) is 60.7 Å². The molecule has 1 aliphatic carbocycles. The molecule has 1 aliphatic heterocycles. The fourth-order valence-corrected chi connectivity index (χ4v) is 13.3. The van der Waals surface area contributed by atoms with Gasteiger partial charge in [-0.15, -0.1) is 34.0 Å². The molecule has 4 aromatic heterocycles. The average molecular weight is 871 g/mol. The van der Waals surface area contributed by atoms with Crippen LogP contribution in [0, 0.1) is 27.9 Å². The Hall–Kier alpha value is -4.65. The van der Waals surface area contributed by atoms with Crippen LogP contribution in [-0.4, -0.2) is 12.3 Å². The van der Waals surface area contributed by atoms with Crippen molar-refractivity contribution in [3.63, 3.8) is 0 Å². The number of nitrogens with zero attached hydrogens (tertiary/aromatic N) is 2. The van der Waals surface area contributed by atoms with Crippen LogP contribution in [0.1, 0.15) is 70.2 Å². The number of carbonyl (C=O) groups excluding carboxylic acids is 1. The summed E-state index contributed by atoms with van der Waals surface area (Å²) in [6.45, 7) is 6.11. The first-order chi connectivity index (χ1) is 28.8. The van der Waals surface area contributed by atoms with Gasteiger partial charge in [0.25, 0.3) is 5.01 Å². The quantitative estimate of drug-likeness (QED) is 0.0905. The molecule has 6 nitrogen and oxygen atoms in total. The molecular formula is C48H42N2O4S5. The number of thioether (sulfide) groups is 1. The molecule has 0 N–H and O–H groups in total. The molecule has 0 saturated carbocycles. The zero-order chi connectivity index (χ0) is 40.6. The Bertz CT molecular complexity index is 3310. The van der Waals surface area contributed by atoms with Crippen LogP contribution in [-0.2, 0) is 11.3 Å². The highest BCUT2D eigenvalue weighted by atomic mass is 32.2. The number of hydrogen-bond donors (Lipinski definition) is 0. The van der Waals surface area contributed by atoms with Crippen LogP contribution in [0.2, 0.25) is 0 Å². The number of Topliss-reactive ketones (excluding diaryl/α,β-unsaturated/α-hetero) is 1. The maximum absolute atomic E-state index is 13.5. The van der Waals surface area contributed by atoms with Gasteiger partial charge in [-0.3, -0.25) is 14.4 Å². The van der Waals surface area contributed by atoms with Gasteiger partial charge in [-0.1, -0.05) is 99.1 Å². The number of allylic oxidation sites excluding steroid dienone is 3. The first kappa shape index (κ1) is 39.8. The van der Waals surface area contributed by atoms with E-state index in [0.29, 0.717) is 9.06 Å². The number of hydrogen-bond acceptors (Lipinski definition) is 10. The van der Waals surface area contributed by atoms with Crippen LogP contribution in [0.5, 0.6) is 0 Å². The summed E-state index contributed by atoms with van der Waals surface area (Å²) in [4.78, 5) is 44.0. The van der Waals surface area contributed by atoms with Crippen molar-refractivity contribution in [1.29, 1.82) is 0 Å². The topological polar surface area (TPSA) is 81.4 Å². The van der Waals surface area contributed by atoms with E-state index in [9.17, 15) is 19.5 Å². The predicted octanol–water partition coefficient (Wildman–Crippen LogP) is 8.62. The smallest absolute Gasteiger partial charge is 0.263 e. The van der Waals surface area contributed by atoms with Crippen molar-refractivity contribution in [2.24, 2.45) is 0 Å². The maximum Gasteiger partial charge on any atom is 0.263 e. The van der Waals surface area contributed by atoms with E-state index in [1.54, 1.807) is 46.6 Å². The lowest BCUT2D eigenvalue weighted by Gasteiger charge is -2.29. The molecule has 2 aliphatic rings. The second kappa shape index (κ2) is 17.1. The van der Waals surface area contributed by atoms with Crippen molar-refractivity contribution in [2.75, 3.05) is 11.4 Å². The number of para-hydroxylation sites is 2. The number of aromatic nitrogens is 1. The Morgan fingerprint density at radius 3 is 1.97 bits per heavy atom. The Labute approximate surface area is 361 Å². The summed E-state index contributed by atoms with van der Waals surface area (Å²) >= 11 is 7.76. The number of anilines is 1. The minimum Gasteiger partial charge on any atom is -0.871 e. The van der Waals surface area contributed by atoms with Gasteiger partial charge in [-0.05, 0) is 73.5 Å². The van der Waals surface area contributed by atoms with Gasteiger partial charge in [-0.2, -0.15) is 4.57 Å². The van der Waals surface area contributed by atoms with E-state index in [2.05, 4.69) is 47.6 Å². The number of thiazole rings is 1. The molecule has 9 rings (SSSR count). The number of carbonyl (C=O) groups is 1. The predicted molar refractivity (Wildman–Crippen MR) is 244 cm³/mol. The second-order valence-corrected chi connectivity index (χ2v) is 20.3. The summed E-state index contributed by atoms with van der Waals surface area (Å²) in [6.07, 6.45) is 12.7. The van der Waals surface area contributed by atoms with Gasteiger partial charge in [0.1, 0.15) is 4.70 Å². The summed E-state index contributed by atoms with van der Waals surface area (Å²) < 4.78 is 8.77. The third-order valence-electron chi connectivity index (χ3n) is 11.0. The Morgan fingerprint density at radius 2 is 1.25 bits per heavy atom. The molecule has 0 saturated heterocycles. The number of ketones is 1. The number of benzene rings is 2. The molecule has 59 heavy (non-hydrogen) atoms. The summed E-state index contributed by atoms with van der Waals surface area (Å²) in [6, 6.07) is 28.3. The zero-order valence-electron chi connectivity index (χ0n) is 32.9. The second-order valence-electron chi connectivity index (χ2n) is 14.9. The first-order valence-corrected chi connectivity index (χ1v) is 24.4. The molecule has 5 heterocycles. The Morgan fingerprint density at radius 1 is 0.644 bits per heavy atom. The molecule has 298 valence electrons. The zero-order valence-corrected chi connectivity index (χ0v) is 37.0. The van der Waals surface area contributed by atoms with Crippen LogP contribution in [0.3, 0.4) is 0 Å². The SMILES string of the molecule is CCCCCCN1C(=CC2=C([O-])C(=c3ccc(=c4ccc(=c5ccc(=c6c(=O)c(=Cc7sc8ccccc8[n+]7CCCCCC)c6=O)s5)s4)s3)C2=O)Sc2ccccc21. The molecule has 0 unspecified atom stereocenters. The summed E-state index contributed by atoms with van der Waals surface area (Å²) in [5.74, 6) is -0.394. The molecule has 3 aromatic carbocycles. The fourth-order valence-electron chi connectivity index (χ4n) is 7.77. The van der Waals surface area contributed by atoms with Gasteiger partial charge in [-0.25, -0.2) is 0 Å². The minimum atomic E-state index is -0.197. The lowest BCUT2D eigenvalue weighted by molar-refractivity contribution is -0.669. The highest BCUT2D eigenvalue weighted by molar-refractivity contribution is 8.03. The molecule has 0 bridgehead atoms. The van der Waals surface area contributed by atoms with Gasteiger partial charge in [0.05, 0.1) is 21.2 Å². The first-order valence-electron chi connectivity index (χ1n) is 20.3. The van der Waals surface area contributed by atoms with Crippen molar-refractivity contribution < 1.29 is 14.5 Å². The van der Waals surface area contributed by atoms with E-state index in [0.717, 1.165) is 87.7 Å². The number of rotatable bonds is 12. The van der Waals surface area contributed by atoms with Crippen molar-refractivity contribution in [2.45, 2.75) is 76.7 Å². The third-order valence-corrected chi connectivity index (χ3v) is 16.9. The van der Waals surface area contributed by atoms with E-state index in [4.69, 9.17) is 0 Å². The standard InChI is InChI=1S/C48H42N2O4S5/c1-3-5-7-13-25-49-31-15-9-11-17-33(31)58-41(49)27-29-45(51)43(46(29)52)39-23-21-37(56-39)35-19-20-36(55-35)38-22-24-40(57-38)44-47(53)30(48(44)54)28-42-50(26-14-8-6-4-2)32-16-10-12-18-34(32)59-42/h9-12,15-24,27-28H,3-8,13-14,25-26H2,1-2H3. The van der Waals surface area contributed by atoms with Crippen molar-refractivity contribution >= 4 is 90.4 Å². The molecule has 7 aromatic rings. The maximum atomic E-state index is 13.5. The minimum absolute atomic E-state index is 0.197.